The molecule has 1 fully saturated rings. The van der Waals surface area contributed by atoms with Crippen LogP contribution in [0.2, 0.25) is 0 Å². The molecule has 186 valence electrons. The molecule has 1 aliphatic rings. The summed E-state index contributed by atoms with van der Waals surface area (Å²) in [6, 6.07) is 22.4. The Morgan fingerprint density at radius 1 is 0.944 bits per heavy atom. The number of rotatable bonds is 8. The maximum atomic E-state index is 13.2. The van der Waals surface area contributed by atoms with Gasteiger partial charge in [0.05, 0.1) is 23.2 Å². The number of fused-ring (bicyclic) bond motifs is 1. The molecular weight excluding hydrogens is 467 g/mol. The van der Waals surface area contributed by atoms with E-state index in [0.29, 0.717) is 19.7 Å². The monoisotopic (exact) mass is 493 g/mol. The lowest BCUT2D eigenvalue weighted by atomic mass is 10.1. The average molecular weight is 494 g/mol. The molecule has 36 heavy (non-hydrogen) atoms. The van der Waals surface area contributed by atoms with E-state index in [1.165, 1.54) is 11.0 Å². The molecule has 1 aliphatic heterocycles. The Kier molecular flexibility index (Phi) is 6.67. The number of hydrogen-bond donors (Lipinski definition) is 0. The number of halogens is 3. The number of nitrogens with zero attached hydrogens (tertiary/aromatic N) is 3. The highest BCUT2D eigenvalue weighted by Crippen LogP contribution is 2.36. The molecule has 8 heteroatoms. The van der Waals surface area contributed by atoms with E-state index in [1.54, 1.807) is 6.07 Å². The molecule has 5 nitrogen and oxygen atoms in total. The first-order chi connectivity index (χ1) is 17.4. The SMILES string of the molecule is O=C1CC(c2nc3ccccc3n2CCCCOc2ccccc2)CN1c1cccc(C(F)(F)F)c1. The fourth-order valence-electron chi connectivity index (χ4n) is 4.70. The zero-order chi connectivity index (χ0) is 25.1. The molecule has 1 atom stereocenters. The van der Waals surface area contributed by atoms with E-state index in [1.807, 2.05) is 54.6 Å². The summed E-state index contributed by atoms with van der Waals surface area (Å²) < 4.78 is 47.6. The van der Waals surface area contributed by atoms with Crippen LogP contribution >= 0.6 is 0 Å². The van der Waals surface area contributed by atoms with E-state index in [2.05, 4.69) is 4.57 Å². The topological polar surface area (TPSA) is 47.4 Å². The first kappa shape index (κ1) is 23.9. The first-order valence-corrected chi connectivity index (χ1v) is 12.0. The van der Waals surface area contributed by atoms with Crippen LogP contribution in [0.25, 0.3) is 11.0 Å². The summed E-state index contributed by atoms with van der Waals surface area (Å²) in [6.07, 6.45) is -2.55. The second-order valence-electron chi connectivity index (χ2n) is 8.93. The van der Waals surface area contributed by atoms with Gasteiger partial charge in [-0.3, -0.25) is 4.79 Å². The first-order valence-electron chi connectivity index (χ1n) is 12.0. The molecule has 0 radical (unpaired) electrons. The summed E-state index contributed by atoms with van der Waals surface area (Å²) >= 11 is 0. The van der Waals surface area contributed by atoms with Crippen molar-refractivity contribution in [1.82, 2.24) is 9.55 Å². The number of para-hydroxylation sites is 3. The molecule has 0 N–H and O–H groups in total. The number of unbranched alkanes of at least 4 members (excludes halogenated alkanes) is 1. The number of imidazole rings is 1. The highest BCUT2D eigenvalue weighted by Gasteiger charge is 2.36. The number of carbonyl (C=O) groups is 1. The number of ether oxygens (including phenoxy) is 1. The van der Waals surface area contributed by atoms with Crippen LogP contribution in [0.3, 0.4) is 0 Å². The molecule has 1 amide bonds. The van der Waals surface area contributed by atoms with Crippen molar-refractivity contribution in [3.05, 3.63) is 90.3 Å². The van der Waals surface area contributed by atoms with Crippen LogP contribution in [-0.2, 0) is 17.5 Å². The van der Waals surface area contributed by atoms with Gasteiger partial charge >= 0.3 is 6.18 Å². The Hall–Kier alpha value is -3.81. The second-order valence-corrected chi connectivity index (χ2v) is 8.93. The maximum absolute atomic E-state index is 13.2. The Labute approximate surface area is 207 Å². The fourth-order valence-corrected chi connectivity index (χ4v) is 4.70. The lowest BCUT2D eigenvalue weighted by Gasteiger charge is -2.19. The van der Waals surface area contributed by atoms with Crippen molar-refractivity contribution in [2.75, 3.05) is 18.1 Å². The third kappa shape index (κ3) is 5.08. The largest absolute Gasteiger partial charge is 0.494 e. The van der Waals surface area contributed by atoms with E-state index in [4.69, 9.17) is 9.72 Å². The van der Waals surface area contributed by atoms with E-state index < -0.39 is 11.7 Å². The third-order valence-corrected chi connectivity index (χ3v) is 6.45. The van der Waals surface area contributed by atoms with Crippen molar-refractivity contribution < 1.29 is 22.7 Å². The van der Waals surface area contributed by atoms with Gasteiger partial charge in [-0.15, -0.1) is 0 Å². The Morgan fingerprint density at radius 3 is 2.53 bits per heavy atom. The molecule has 1 unspecified atom stereocenters. The number of hydrogen-bond acceptors (Lipinski definition) is 3. The van der Waals surface area contributed by atoms with Gasteiger partial charge in [-0.05, 0) is 55.3 Å². The minimum Gasteiger partial charge on any atom is -0.494 e. The van der Waals surface area contributed by atoms with Gasteiger partial charge in [-0.25, -0.2) is 4.98 Å². The van der Waals surface area contributed by atoms with Gasteiger partial charge in [-0.2, -0.15) is 13.2 Å². The van der Waals surface area contributed by atoms with Gasteiger partial charge in [0.15, 0.2) is 0 Å². The van der Waals surface area contributed by atoms with E-state index in [0.717, 1.165) is 47.6 Å². The van der Waals surface area contributed by atoms with Crippen molar-refractivity contribution in [3.8, 4) is 5.75 Å². The number of amides is 1. The molecule has 2 heterocycles. The number of anilines is 1. The van der Waals surface area contributed by atoms with Crippen LogP contribution in [-0.4, -0.2) is 28.6 Å². The predicted octanol–water partition coefficient (Wildman–Crippen LogP) is 6.43. The fraction of sp³-hybridized carbons (Fsp3) is 0.286. The normalized spacial score (nSPS) is 16.1. The summed E-state index contributed by atoms with van der Waals surface area (Å²) in [4.78, 5) is 19.1. The zero-order valence-corrected chi connectivity index (χ0v) is 19.6. The molecule has 0 bridgehead atoms. The van der Waals surface area contributed by atoms with Crippen molar-refractivity contribution in [3.63, 3.8) is 0 Å². The van der Waals surface area contributed by atoms with Crippen LogP contribution < -0.4 is 9.64 Å². The molecule has 4 aromatic rings. The quantitative estimate of drug-likeness (QED) is 0.266. The number of carbonyl (C=O) groups excluding carboxylic acids is 1. The predicted molar refractivity (Wildman–Crippen MR) is 132 cm³/mol. The minimum absolute atomic E-state index is 0.200. The molecular formula is C28H26F3N3O2. The Morgan fingerprint density at radius 2 is 1.72 bits per heavy atom. The molecule has 1 aromatic heterocycles. The zero-order valence-electron chi connectivity index (χ0n) is 19.6. The molecule has 0 spiro atoms. The molecule has 1 saturated heterocycles. The van der Waals surface area contributed by atoms with E-state index >= 15 is 0 Å². The lowest BCUT2D eigenvalue weighted by molar-refractivity contribution is -0.137. The summed E-state index contributed by atoms with van der Waals surface area (Å²) in [5, 5.41) is 0. The minimum atomic E-state index is -4.46. The molecule has 0 aliphatic carbocycles. The van der Waals surface area contributed by atoms with Crippen molar-refractivity contribution >= 4 is 22.6 Å². The highest BCUT2D eigenvalue weighted by molar-refractivity contribution is 5.96. The lowest BCUT2D eigenvalue weighted by Crippen LogP contribution is -2.25. The van der Waals surface area contributed by atoms with E-state index in [9.17, 15) is 18.0 Å². The van der Waals surface area contributed by atoms with Crippen LogP contribution in [0.4, 0.5) is 18.9 Å². The van der Waals surface area contributed by atoms with Crippen LogP contribution in [0.5, 0.6) is 5.75 Å². The Balaban J connectivity index is 1.32. The summed E-state index contributed by atoms with van der Waals surface area (Å²) in [5.74, 6) is 1.22. The van der Waals surface area contributed by atoms with Gasteiger partial charge in [-0.1, -0.05) is 36.4 Å². The number of benzene rings is 3. The van der Waals surface area contributed by atoms with Crippen LogP contribution in [0, 0.1) is 0 Å². The van der Waals surface area contributed by atoms with Crippen molar-refractivity contribution in [1.29, 1.82) is 0 Å². The Bertz CT molecular complexity index is 1350. The second kappa shape index (κ2) is 10.0. The molecule has 0 saturated carbocycles. The highest BCUT2D eigenvalue weighted by atomic mass is 19.4. The number of alkyl halides is 3. The summed E-state index contributed by atoms with van der Waals surface area (Å²) in [5.41, 5.74) is 1.33. The van der Waals surface area contributed by atoms with Crippen molar-refractivity contribution in [2.24, 2.45) is 0 Å². The number of aryl methyl sites for hydroxylation is 1. The smallest absolute Gasteiger partial charge is 0.416 e. The molecule has 3 aromatic carbocycles. The van der Waals surface area contributed by atoms with Crippen molar-refractivity contribution in [2.45, 2.75) is 37.9 Å². The molecule has 5 rings (SSSR count). The van der Waals surface area contributed by atoms with Gasteiger partial charge in [0.1, 0.15) is 11.6 Å². The standard InChI is InChI=1S/C28H26F3N3O2/c29-28(30,31)21-9-8-10-22(18-21)34-19-20(17-26(34)35)27-32-24-13-4-5-14-25(24)33(27)15-6-7-16-36-23-11-2-1-3-12-23/h1-5,8-14,18,20H,6-7,15-17,19H2. The van der Waals surface area contributed by atoms with Gasteiger partial charge in [0.25, 0.3) is 0 Å². The average Bonchev–Trinajstić information content (AvgIpc) is 3.44. The van der Waals surface area contributed by atoms with E-state index in [-0.39, 0.29) is 23.9 Å². The van der Waals surface area contributed by atoms with Crippen LogP contribution in [0.1, 0.15) is 36.6 Å². The van der Waals surface area contributed by atoms with Gasteiger partial charge < -0.3 is 14.2 Å². The van der Waals surface area contributed by atoms with Gasteiger partial charge in [0, 0.05) is 31.1 Å². The maximum Gasteiger partial charge on any atom is 0.416 e. The number of aromatic nitrogens is 2. The third-order valence-electron chi connectivity index (χ3n) is 6.45. The summed E-state index contributed by atoms with van der Waals surface area (Å²) in [6.45, 7) is 1.60. The van der Waals surface area contributed by atoms with Gasteiger partial charge in [0.2, 0.25) is 5.91 Å². The van der Waals surface area contributed by atoms with Crippen LogP contribution in [0.15, 0.2) is 78.9 Å². The summed E-state index contributed by atoms with van der Waals surface area (Å²) in [7, 11) is 0.